The predicted octanol–water partition coefficient (Wildman–Crippen LogP) is 3.66. The van der Waals surface area contributed by atoms with E-state index in [1.165, 1.54) is 15.6 Å². The lowest BCUT2D eigenvalue weighted by Gasteiger charge is -2.19. The summed E-state index contributed by atoms with van der Waals surface area (Å²) in [7, 11) is -3.49. The molecule has 1 amide bonds. The molecule has 0 spiro atoms. The maximum absolute atomic E-state index is 12.6. The van der Waals surface area contributed by atoms with Crippen LogP contribution in [-0.2, 0) is 21.2 Å². The van der Waals surface area contributed by atoms with Gasteiger partial charge >= 0.3 is 0 Å². The van der Waals surface area contributed by atoms with Crippen LogP contribution in [0.4, 0.5) is 0 Å². The van der Waals surface area contributed by atoms with E-state index in [1.807, 2.05) is 38.3 Å². The number of thiazole rings is 1. The van der Waals surface area contributed by atoms with Gasteiger partial charge in [-0.25, -0.2) is 13.4 Å². The summed E-state index contributed by atoms with van der Waals surface area (Å²) in [6, 6.07) is 10.2. The molecule has 9 heteroatoms. The van der Waals surface area contributed by atoms with Gasteiger partial charge in [-0.1, -0.05) is 26.0 Å². The van der Waals surface area contributed by atoms with Crippen molar-refractivity contribution in [3.63, 3.8) is 0 Å². The van der Waals surface area contributed by atoms with Crippen molar-refractivity contribution in [2.45, 2.75) is 38.1 Å². The average Bonchev–Trinajstić information content (AvgIpc) is 3.23. The van der Waals surface area contributed by atoms with E-state index in [0.29, 0.717) is 18.8 Å². The van der Waals surface area contributed by atoms with Crippen molar-refractivity contribution in [1.82, 2.24) is 19.6 Å². The van der Waals surface area contributed by atoms with Crippen molar-refractivity contribution >= 4 is 27.3 Å². The summed E-state index contributed by atoms with van der Waals surface area (Å²) in [5.41, 5.74) is 2.46. The normalized spacial score (nSPS) is 12.6. The van der Waals surface area contributed by atoms with Crippen LogP contribution >= 0.6 is 11.3 Å². The summed E-state index contributed by atoms with van der Waals surface area (Å²) in [4.78, 5) is 21.3. The Morgan fingerprint density at radius 1 is 1.16 bits per heavy atom. The molecule has 0 saturated carbocycles. The highest BCUT2D eigenvalue weighted by Crippen LogP contribution is 2.23. The van der Waals surface area contributed by atoms with Crippen molar-refractivity contribution < 1.29 is 13.2 Å². The average molecular weight is 459 g/mol. The molecule has 1 aromatic carbocycles. The third-order valence-electron chi connectivity index (χ3n) is 4.90. The summed E-state index contributed by atoms with van der Waals surface area (Å²) in [5.74, 6) is -0.143. The minimum atomic E-state index is -3.49. The zero-order valence-electron chi connectivity index (χ0n) is 17.8. The smallest absolute Gasteiger partial charge is 0.243 e. The number of nitrogens with zero attached hydrogens (tertiary/aromatic N) is 3. The number of carbonyl (C=O) groups is 1. The third-order valence-corrected chi connectivity index (χ3v) is 7.91. The molecule has 1 N–H and O–H groups in total. The number of sulfonamides is 1. The van der Waals surface area contributed by atoms with E-state index in [4.69, 9.17) is 0 Å². The van der Waals surface area contributed by atoms with Crippen LogP contribution in [0.3, 0.4) is 0 Å². The van der Waals surface area contributed by atoms with Crippen LogP contribution < -0.4 is 5.32 Å². The van der Waals surface area contributed by atoms with E-state index < -0.39 is 10.0 Å². The van der Waals surface area contributed by atoms with Gasteiger partial charge in [-0.2, -0.15) is 4.31 Å². The summed E-state index contributed by atoms with van der Waals surface area (Å²) in [5, 5.41) is 5.65. The number of carbonyl (C=O) groups excluding carboxylic acids is 1. The molecule has 164 valence electrons. The van der Waals surface area contributed by atoms with Crippen LogP contribution in [0.5, 0.6) is 0 Å². The Balaban J connectivity index is 1.62. The van der Waals surface area contributed by atoms with Crippen LogP contribution in [0, 0.1) is 0 Å². The first-order valence-corrected chi connectivity index (χ1v) is 12.4. The molecule has 2 aromatic heterocycles. The molecular weight excluding hydrogens is 432 g/mol. The van der Waals surface area contributed by atoms with Crippen molar-refractivity contribution in [2.24, 2.45) is 0 Å². The summed E-state index contributed by atoms with van der Waals surface area (Å²) in [6.45, 7) is 6.34. The van der Waals surface area contributed by atoms with Crippen LogP contribution in [0.15, 0.2) is 59.1 Å². The summed E-state index contributed by atoms with van der Waals surface area (Å²) in [6.07, 6.45) is 3.63. The highest BCUT2D eigenvalue weighted by Gasteiger charge is 2.21. The number of hydrogen-bond donors (Lipinski definition) is 1. The molecule has 3 aromatic rings. The molecule has 0 aliphatic carbocycles. The van der Waals surface area contributed by atoms with E-state index in [1.54, 1.807) is 36.7 Å². The predicted molar refractivity (Wildman–Crippen MR) is 122 cm³/mol. The molecule has 1 unspecified atom stereocenters. The van der Waals surface area contributed by atoms with E-state index >= 15 is 0 Å². The van der Waals surface area contributed by atoms with Crippen LogP contribution in [0.2, 0.25) is 0 Å². The van der Waals surface area contributed by atoms with Gasteiger partial charge in [0.15, 0.2) is 0 Å². The van der Waals surface area contributed by atoms with E-state index in [-0.39, 0.29) is 23.3 Å². The zero-order chi connectivity index (χ0) is 22.4. The number of rotatable bonds is 9. The molecule has 3 rings (SSSR count). The Labute approximate surface area is 187 Å². The van der Waals surface area contributed by atoms with Gasteiger partial charge in [0.2, 0.25) is 15.9 Å². The Morgan fingerprint density at radius 2 is 1.87 bits per heavy atom. The lowest BCUT2D eigenvalue weighted by molar-refractivity contribution is -0.121. The Kier molecular flexibility index (Phi) is 7.53. The second kappa shape index (κ2) is 10.1. The quantitative estimate of drug-likeness (QED) is 0.528. The molecule has 7 nitrogen and oxygen atoms in total. The monoisotopic (exact) mass is 458 g/mol. The third kappa shape index (κ3) is 5.55. The Morgan fingerprint density at radius 3 is 2.48 bits per heavy atom. The first-order valence-electron chi connectivity index (χ1n) is 10.1. The molecule has 31 heavy (non-hydrogen) atoms. The Bertz CT molecular complexity index is 1110. The largest absolute Gasteiger partial charge is 0.349 e. The van der Waals surface area contributed by atoms with Crippen molar-refractivity contribution in [3.8, 4) is 10.6 Å². The molecular formula is C22H26N4O3S2. The van der Waals surface area contributed by atoms with Crippen LogP contribution in [0.25, 0.3) is 10.6 Å². The van der Waals surface area contributed by atoms with Gasteiger partial charge in [-0.05, 0) is 36.8 Å². The van der Waals surface area contributed by atoms with E-state index in [2.05, 4.69) is 15.3 Å². The molecule has 0 fully saturated rings. The number of amides is 1. The van der Waals surface area contributed by atoms with Crippen molar-refractivity contribution in [2.75, 3.05) is 13.1 Å². The Hall–Kier alpha value is -2.62. The molecule has 0 bridgehead atoms. The molecule has 0 saturated heterocycles. The van der Waals surface area contributed by atoms with Crippen LogP contribution in [0.1, 0.15) is 38.1 Å². The number of aromatic nitrogens is 2. The second-order valence-electron chi connectivity index (χ2n) is 7.01. The lowest BCUT2D eigenvalue weighted by atomic mass is 10.1. The lowest BCUT2D eigenvalue weighted by Crippen LogP contribution is -2.30. The number of hydrogen-bond acceptors (Lipinski definition) is 6. The fourth-order valence-electron chi connectivity index (χ4n) is 3.19. The first-order chi connectivity index (χ1) is 14.8. The molecule has 0 aliphatic heterocycles. The van der Waals surface area contributed by atoms with E-state index in [9.17, 15) is 13.2 Å². The van der Waals surface area contributed by atoms with Gasteiger partial charge in [0.1, 0.15) is 5.01 Å². The van der Waals surface area contributed by atoms with Gasteiger partial charge in [-0.3, -0.25) is 9.78 Å². The molecule has 2 heterocycles. The fourth-order valence-corrected chi connectivity index (χ4v) is 5.46. The summed E-state index contributed by atoms with van der Waals surface area (Å²) >= 11 is 1.48. The first kappa shape index (κ1) is 23.1. The minimum Gasteiger partial charge on any atom is -0.349 e. The van der Waals surface area contributed by atoms with Crippen molar-refractivity contribution in [3.05, 3.63) is 65.4 Å². The minimum absolute atomic E-state index is 0.143. The van der Waals surface area contributed by atoms with Gasteiger partial charge < -0.3 is 5.32 Å². The van der Waals surface area contributed by atoms with Gasteiger partial charge in [0.25, 0.3) is 0 Å². The second-order valence-corrected chi connectivity index (χ2v) is 9.81. The fraction of sp³-hybridized carbons (Fsp3) is 0.318. The maximum Gasteiger partial charge on any atom is 0.243 e. The van der Waals surface area contributed by atoms with E-state index in [0.717, 1.165) is 16.1 Å². The molecule has 0 radical (unpaired) electrons. The maximum atomic E-state index is 12.6. The van der Waals surface area contributed by atoms with Crippen LogP contribution in [-0.4, -0.2) is 41.7 Å². The topological polar surface area (TPSA) is 92.3 Å². The van der Waals surface area contributed by atoms with Gasteiger partial charge in [0, 0.05) is 36.4 Å². The zero-order valence-corrected chi connectivity index (χ0v) is 19.4. The summed E-state index contributed by atoms with van der Waals surface area (Å²) < 4.78 is 26.6. The standard InChI is InChI=1S/C22H26N4O3S2/c1-4-26(5-2)31(28,29)20-10-8-17(9-11-20)16(3)24-21(27)13-19-15-30-22(25-19)18-7-6-12-23-14-18/h6-12,14-16H,4-5,13H2,1-3H3,(H,24,27). The highest BCUT2D eigenvalue weighted by atomic mass is 32.2. The van der Waals surface area contributed by atoms with Gasteiger partial charge in [-0.15, -0.1) is 11.3 Å². The van der Waals surface area contributed by atoms with Crippen molar-refractivity contribution in [1.29, 1.82) is 0 Å². The number of benzene rings is 1. The molecule has 0 aliphatic rings. The number of pyridine rings is 1. The highest BCUT2D eigenvalue weighted by molar-refractivity contribution is 7.89. The molecule has 1 atom stereocenters. The number of nitrogens with one attached hydrogen (secondary N) is 1. The SMILES string of the molecule is CCN(CC)S(=O)(=O)c1ccc(C(C)NC(=O)Cc2csc(-c3cccnc3)n2)cc1. The van der Waals surface area contributed by atoms with Gasteiger partial charge in [0.05, 0.1) is 23.1 Å².